The van der Waals surface area contributed by atoms with Crippen molar-refractivity contribution in [2.45, 2.75) is 13.0 Å². The van der Waals surface area contributed by atoms with Crippen molar-refractivity contribution in [1.82, 2.24) is 15.1 Å². The van der Waals surface area contributed by atoms with Crippen molar-refractivity contribution < 1.29 is 14.0 Å². The summed E-state index contributed by atoms with van der Waals surface area (Å²) in [6.45, 7) is 1.15. The van der Waals surface area contributed by atoms with Gasteiger partial charge in [0.1, 0.15) is 11.9 Å². The van der Waals surface area contributed by atoms with E-state index in [2.05, 4.69) is 10.4 Å². The molecule has 0 spiro atoms. The van der Waals surface area contributed by atoms with Crippen LogP contribution in [-0.2, 0) is 9.59 Å². The first kappa shape index (κ1) is 16.3. The summed E-state index contributed by atoms with van der Waals surface area (Å²) in [7, 11) is 0. The van der Waals surface area contributed by atoms with Crippen LogP contribution < -0.4 is 16.6 Å². The summed E-state index contributed by atoms with van der Waals surface area (Å²) >= 11 is 0. The number of hydrogen-bond donors (Lipinski definition) is 2. The maximum atomic E-state index is 13.0. The Balaban J connectivity index is 2.30. The average Bonchev–Trinajstić information content (AvgIpc) is 2.53. The van der Waals surface area contributed by atoms with Gasteiger partial charge in [-0.15, -0.1) is 0 Å². The van der Waals surface area contributed by atoms with Crippen molar-refractivity contribution in [1.29, 1.82) is 0 Å². The highest BCUT2D eigenvalue weighted by Crippen LogP contribution is 2.16. The van der Waals surface area contributed by atoms with Crippen molar-refractivity contribution in [3.05, 3.63) is 52.6 Å². The fraction of sp³-hybridized carbons (Fsp3) is 0.200. The van der Waals surface area contributed by atoms with Gasteiger partial charge in [0, 0.05) is 11.6 Å². The molecule has 0 aliphatic heterocycles. The Morgan fingerprint density at radius 1 is 1.26 bits per heavy atom. The zero-order valence-electron chi connectivity index (χ0n) is 12.3. The lowest BCUT2D eigenvalue weighted by atomic mass is 10.1. The molecule has 1 atom stereocenters. The number of carbonyl (C=O) groups excluding carboxylic acids is 2. The lowest BCUT2D eigenvalue weighted by Crippen LogP contribution is -2.40. The lowest BCUT2D eigenvalue weighted by Gasteiger charge is -2.14. The van der Waals surface area contributed by atoms with E-state index in [1.54, 1.807) is 0 Å². The molecule has 1 aromatic heterocycles. The number of amides is 2. The zero-order valence-corrected chi connectivity index (χ0v) is 12.3. The molecule has 0 fully saturated rings. The van der Waals surface area contributed by atoms with E-state index in [1.165, 1.54) is 43.3 Å². The molecule has 1 unspecified atom stereocenters. The Kier molecular flexibility index (Phi) is 4.85. The summed E-state index contributed by atoms with van der Waals surface area (Å²) in [5.74, 6) is -1.64. The van der Waals surface area contributed by atoms with Crippen molar-refractivity contribution in [2.24, 2.45) is 5.73 Å². The molecule has 7 nitrogen and oxygen atoms in total. The SMILES string of the molecule is CC(C(=O)NCC(N)=O)n1nc(-c2ccc(F)cc2)ccc1=O. The smallest absolute Gasteiger partial charge is 0.267 e. The van der Waals surface area contributed by atoms with E-state index < -0.39 is 23.4 Å². The van der Waals surface area contributed by atoms with Crippen LogP contribution in [0.5, 0.6) is 0 Å². The van der Waals surface area contributed by atoms with Crippen LogP contribution in [0.4, 0.5) is 4.39 Å². The number of nitrogens with zero attached hydrogens (tertiary/aromatic N) is 2. The molecule has 23 heavy (non-hydrogen) atoms. The number of rotatable bonds is 5. The molecular weight excluding hydrogens is 303 g/mol. The average molecular weight is 318 g/mol. The molecule has 0 aliphatic carbocycles. The van der Waals surface area contributed by atoms with Gasteiger partial charge in [-0.05, 0) is 37.3 Å². The van der Waals surface area contributed by atoms with E-state index in [9.17, 15) is 18.8 Å². The molecule has 0 aliphatic rings. The summed E-state index contributed by atoms with van der Waals surface area (Å²) in [4.78, 5) is 34.5. The third-order valence-corrected chi connectivity index (χ3v) is 3.15. The van der Waals surface area contributed by atoms with E-state index >= 15 is 0 Å². The number of nitrogens with two attached hydrogens (primary N) is 1. The standard InChI is InChI=1S/C15H15FN4O3/c1-9(15(23)18-8-13(17)21)20-14(22)7-6-12(19-20)10-2-4-11(16)5-3-10/h2-7,9H,8H2,1H3,(H2,17,21)(H,18,23). The monoisotopic (exact) mass is 318 g/mol. The quantitative estimate of drug-likeness (QED) is 0.821. The molecule has 120 valence electrons. The van der Waals surface area contributed by atoms with E-state index in [1.807, 2.05) is 0 Å². The van der Waals surface area contributed by atoms with Crippen LogP contribution in [0.15, 0.2) is 41.2 Å². The van der Waals surface area contributed by atoms with Gasteiger partial charge in [-0.1, -0.05) is 0 Å². The van der Waals surface area contributed by atoms with Gasteiger partial charge in [0.05, 0.1) is 12.2 Å². The highest BCUT2D eigenvalue weighted by molar-refractivity contribution is 5.85. The van der Waals surface area contributed by atoms with Crippen molar-refractivity contribution in [3.63, 3.8) is 0 Å². The first-order chi connectivity index (χ1) is 10.9. The number of carbonyl (C=O) groups is 2. The number of hydrogen-bond acceptors (Lipinski definition) is 4. The number of aromatic nitrogens is 2. The number of halogens is 1. The summed E-state index contributed by atoms with van der Waals surface area (Å²) in [5.41, 5.74) is 5.50. The molecule has 0 radical (unpaired) electrons. The molecule has 0 bridgehead atoms. The minimum absolute atomic E-state index is 0.324. The first-order valence-corrected chi connectivity index (χ1v) is 6.80. The summed E-state index contributed by atoms with van der Waals surface area (Å²) in [5, 5.41) is 6.44. The second kappa shape index (κ2) is 6.82. The van der Waals surface area contributed by atoms with E-state index in [0.717, 1.165) is 4.68 Å². The second-order valence-electron chi connectivity index (χ2n) is 4.87. The largest absolute Gasteiger partial charge is 0.368 e. The van der Waals surface area contributed by atoms with Crippen LogP contribution in [0.2, 0.25) is 0 Å². The molecule has 0 saturated heterocycles. The molecule has 2 amide bonds. The van der Waals surface area contributed by atoms with E-state index in [-0.39, 0.29) is 12.4 Å². The fourth-order valence-corrected chi connectivity index (χ4v) is 1.91. The maximum Gasteiger partial charge on any atom is 0.267 e. The molecule has 1 aromatic carbocycles. The molecule has 1 heterocycles. The Labute approximate surface area is 130 Å². The van der Waals surface area contributed by atoms with Crippen LogP contribution in [0, 0.1) is 5.82 Å². The van der Waals surface area contributed by atoms with Crippen LogP contribution in [0.1, 0.15) is 13.0 Å². The lowest BCUT2D eigenvalue weighted by molar-refractivity contribution is -0.127. The van der Waals surface area contributed by atoms with Crippen LogP contribution >= 0.6 is 0 Å². The third kappa shape index (κ3) is 4.00. The zero-order chi connectivity index (χ0) is 17.0. The number of benzene rings is 1. The Hall–Kier alpha value is -3.03. The molecule has 8 heteroatoms. The topological polar surface area (TPSA) is 107 Å². The van der Waals surface area contributed by atoms with E-state index in [4.69, 9.17) is 5.73 Å². The van der Waals surface area contributed by atoms with Crippen LogP contribution in [0.25, 0.3) is 11.3 Å². The molecule has 3 N–H and O–H groups in total. The third-order valence-electron chi connectivity index (χ3n) is 3.15. The Morgan fingerprint density at radius 2 is 1.91 bits per heavy atom. The second-order valence-corrected chi connectivity index (χ2v) is 4.87. The van der Waals surface area contributed by atoms with Gasteiger partial charge in [0.25, 0.3) is 5.56 Å². The van der Waals surface area contributed by atoms with Crippen molar-refractivity contribution in [3.8, 4) is 11.3 Å². The maximum absolute atomic E-state index is 13.0. The molecular formula is C15H15FN4O3. The summed E-state index contributed by atoms with van der Waals surface area (Å²) in [6.07, 6.45) is 0. The normalized spacial score (nSPS) is 11.7. The number of primary amides is 1. The Morgan fingerprint density at radius 3 is 2.52 bits per heavy atom. The predicted octanol–water partition coefficient (Wildman–Crippen LogP) is 0.212. The first-order valence-electron chi connectivity index (χ1n) is 6.80. The van der Waals surface area contributed by atoms with Gasteiger partial charge < -0.3 is 11.1 Å². The van der Waals surface area contributed by atoms with Gasteiger partial charge in [-0.2, -0.15) is 5.10 Å². The highest BCUT2D eigenvalue weighted by Gasteiger charge is 2.18. The molecule has 0 saturated carbocycles. The van der Waals surface area contributed by atoms with Gasteiger partial charge >= 0.3 is 0 Å². The van der Waals surface area contributed by atoms with Gasteiger partial charge in [-0.25, -0.2) is 9.07 Å². The van der Waals surface area contributed by atoms with Crippen LogP contribution in [-0.4, -0.2) is 28.1 Å². The fourth-order valence-electron chi connectivity index (χ4n) is 1.91. The van der Waals surface area contributed by atoms with Crippen molar-refractivity contribution in [2.75, 3.05) is 6.54 Å². The number of nitrogens with one attached hydrogen (secondary N) is 1. The predicted molar refractivity (Wildman–Crippen MR) is 80.8 cm³/mol. The van der Waals surface area contributed by atoms with Gasteiger partial charge in [0.2, 0.25) is 11.8 Å². The summed E-state index contributed by atoms with van der Waals surface area (Å²) < 4.78 is 14.0. The van der Waals surface area contributed by atoms with Gasteiger partial charge in [0.15, 0.2) is 0 Å². The molecule has 2 aromatic rings. The highest BCUT2D eigenvalue weighted by atomic mass is 19.1. The van der Waals surface area contributed by atoms with Gasteiger partial charge in [-0.3, -0.25) is 14.4 Å². The summed E-state index contributed by atoms with van der Waals surface area (Å²) in [6, 6.07) is 7.41. The van der Waals surface area contributed by atoms with E-state index in [0.29, 0.717) is 11.3 Å². The Bertz CT molecular complexity index is 786. The minimum atomic E-state index is -0.928. The van der Waals surface area contributed by atoms with Crippen molar-refractivity contribution >= 4 is 11.8 Å². The van der Waals surface area contributed by atoms with Crippen LogP contribution in [0.3, 0.4) is 0 Å². The minimum Gasteiger partial charge on any atom is -0.368 e. The molecule has 2 rings (SSSR count).